The number of allylic oxidation sites excluding steroid dienone is 1. The minimum absolute atomic E-state index is 0.0749. The summed E-state index contributed by atoms with van der Waals surface area (Å²) in [6, 6.07) is 12.7. The zero-order valence-corrected chi connectivity index (χ0v) is 23.0. The third-order valence-electron chi connectivity index (χ3n) is 5.94. The lowest BCUT2D eigenvalue weighted by Crippen LogP contribution is -2.55. The van der Waals surface area contributed by atoms with Gasteiger partial charge in [0.15, 0.2) is 0 Å². The Morgan fingerprint density at radius 3 is 2.65 bits per heavy atom. The van der Waals surface area contributed by atoms with Crippen LogP contribution in [0.2, 0.25) is 0 Å². The molecule has 3 rings (SSSR count). The van der Waals surface area contributed by atoms with Gasteiger partial charge in [-0.15, -0.1) is 0 Å². The molecule has 0 radical (unpaired) electrons. The maximum Gasteiger partial charge on any atom is 0.247 e. The Labute approximate surface area is 230 Å². The highest BCUT2D eigenvalue weighted by atomic mass is 127. The summed E-state index contributed by atoms with van der Waals surface area (Å²) in [5, 5.41) is 23.2. The van der Waals surface area contributed by atoms with Crippen molar-refractivity contribution < 1.29 is 28.9 Å². The number of carbonyl (C=O) groups excluding carboxylic acids is 2. The average molecular weight is 622 g/mol. The van der Waals surface area contributed by atoms with Gasteiger partial charge < -0.3 is 25.2 Å². The molecule has 0 bridgehead atoms. The van der Waals surface area contributed by atoms with Gasteiger partial charge in [-0.1, -0.05) is 29.8 Å². The molecule has 0 aromatic heterocycles. The summed E-state index contributed by atoms with van der Waals surface area (Å²) < 4.78 is 20.7. The summed E-state index contributed by atoms with van der Waals surface area (Å²) >= 11 is 2.13. The highest BCUT2D eigenvalue weighted by Crippen LogP contribution is 2.30. The standard InChI is InChI=1S/C28H32FIN2O5/c1-18(2)14-26(34)32(12-10-19-6-5-7-21(29)15-19)23-16-20(28(36)31-11-13-33)17-25(27(23)35)37-24-9-4-3-8-22(24)30/h3-9,14-15,17,23,25,27,33,35H,10-13,16H2,1-2H3,(H,31,36)/t23-,25+,27+/m1/s1. The molecule has 7 nitrogen and oxygen atoms in total. The molecular formula is C28H32FIN2O5. The highest BCUT2D eigenvalue weighted by molar-refractivity contribution is 14.1. The van der Waals surface area contributed by atoms with E-state index in [1.165, 1.54) is 23.1 Å². The van der Waals surface area contributed by atoms with Crippen molar-refractivity contribution in [3.05, 3.63) is 86.8 Å². The van der Waals surface area contributed by atoms with Crippen LogP contribution in [0, 0.1) is 9.39 Å². The van der Waals surface area contributed by atoms with E-state index < -0.39 is 24.2 Å². The van der Waals surface area contributed by atoms with E-state index in [1.54, 1.807) is 38.1 Å². The number of amides is 2. The number of aliphatic hydroxyl groups excluding tert-OH is 2. The molecule has 0 spiro atoms. The molecule has 1 aliphatic carbocycles. The van der Waals surface area contributed by atoms with Gasteiger partial charge in [-0.2, -0.15) is 0 Å². The van der Waals surface area contributed by atoms with Gasteiger partial charge in [0.25, 0.3) is 0 Å². The fraction of sp³-hybridized carbons (Fsp3) is 0.357. The molecule has 2 aromatic rings. The van der Waals surface area contributed by atoms with Gasteiger partial charge in [0.2, 0.25) is 11.8 Å². The van der Waals surface area contributed by atoms with Gasteiger partial charge in [-0.25, -0.2) is 4.39 Å². The lowest BCUT2D eigenvalue weighted by molar-refractivity contribution is -0.133. The second-order valence-electron chi connectivity index (χ2n) is 9.08. The monoisotopic (exact) mass is 622 g/mol. The van der Waals surface area contributed by atoms with Crippen molar-refractivity contribution in [2.75, 3.05) is 19.7 Å². The molecule has 0 saturated carbocycles. The Morgan fingerprint density at radius 2 is 1.97 bits per heavy atom. The fourth-order valence-electron chi connectivity index (χ4n) is 4.18. The lowest BCUT2D eigenvalue weighted by Gasteiger charge is -2.40. The van der Waals surface area contributed by atoms with Crippen LogP contribution >= 0.6 is 22.6 Å². The Morgan fingerprint density at radius 1 is 1.22 bits per heavy atom. The van der Waals surface area contributed by atoms with Crippen molar-refractivity contribution in [1.29, 1.82) is 0 Å². The van der Waals surface area contributed by atoms with Crippen molar-refractivity contribution in [2.24, 2.45) is 0 Å². The van der Waals surface area contributed by atoms with Crippen LogP contribution in [0.3, 0.4) is 0 Å². The fourth-order valence-corrected chi connectivity index (χ4v) is 4.69. The number of ether oxygens (including phenoxy) is 1. The molecular weight excluding hydrogens is 590 g/mol. The first-order valence-electron chi connectivity index (χ1n) is 12.1. The second-order valence-corrected chi connectivity index (χ2v) is 10.2. The Balaban J connectivity index is 1.95. The molecule has 37 heavy (non-hydrogen) atoms. The minimum atomic E-state index is -1.13. The number of benzene rings is 2. The van der Waals surface area contributed by atoms with E-state index in [4.69, 9.17) is 9.84 Å². The maximum absolute atomic E-state index is 13.8. The molecule has 9 heteroatoms. The van der Waals surface area contributed by atoms with Crippen LogP contribution in [-0.4, -0.2) is 64.9 Å². The predicted octanol–water partition coefficient (Wildman–Crippen LogP) is 3.38. The third kappa shape index (κ3) is 8.11. The largest absolute Gasteiger partial charge is 0.482 e. The predicted molar refractivity (Wildman–Crippen MR) is 147 cm³/mol. The zero-order chi connectivity index (χ0) is 26.9. The maximum atomic E-state index is 13.8. The molecule has 0 unspecified atom stereocenters. The van der Waals surface area contributed by atoms with Gasteiger partial charge >= 0.3 is 0 Å². The zero-order valence-electron chi connectivity index (χ0n) is 20.9. The van der Waals surface area contributed by atoms with Crippen LogP contribution in [0.4, 0.5) is 4.39 Å². The van der Waals surface area contributed by atoms with Crippen molar-refractivity contribution in [1.82, 2.24) is 10.2 Å². The molecule has 198 valence electrons. The normalized spacial score (nSPS) is 19.0. The van der Waals surface area contributed by atoms with E-state index in [1.807, 2.05) is 18.2 Å². The number of hydrogen-bond donors (Lipinski definition) is 3. The third-order valence-corrected chi connectivity index (χ3v) is 6.83. The summed E-state index contributed by atoms with van der Waals surface area (Å²) in [6.45, 7) is 3.67. The van der Waals surface area contributed by atoms with Crippen LogP contribution in [0.15, 0.2) is 71.8 Å². The van der Waals surface area contributed by atoms with E-state index >= 15 is 0 Å². The molecule has 0 fully saturated rings. The molecule has 2 aromatic carbocycles. The summed E-state index contributed by atoms with van der Waals surface area (Å²) in [6.07, 6.45) is 1.48. The van der Waals surface area contributed by atoms with Crippen LogP contribution in [-0.2, 0) is 16.0 Å². The summed E-state index contributed by atoms with van der Waals surface area (Å²) in [7, 11) is 0. The number of aliphatic hydroxyl groups is 2. The number of carbonyl (C=O) groups is 2. The smallest absolute Gasteiger partial charge is 0.247 e. The summed E-state index contributed by atoms with van der Waals surface area (Å²) in [5.74, 6) is -0.539. The number of hydrogen-bond acceptors (Lipinski definition) is 5. The van der Waals surface area contributed by atoms with Gasteiger partial charge in [0, 0.05) is 31.2 Å². The first-order chi connectivity index (χ1) is 17.7. The van der Waals surface area contributed by atoms with E-state index in [9.17, 15) is 19.1 Å². The topological polar surface area (TPSA) is 99.1 Å². The summed E-state index contributed by atoms with van der Waals surface area (Å²) in [4.78, 5) is 27.7. The first kappa shape index (κ1) is 28.8. The van der Waals surface area contributed by atoms with E-state index in [2.05, 4.69) is 27.9 Å². The van der Waals surface area contributed by atoms with Gasteiger partial charge in [-0.3, -0.25) is 9.59 Å². The number of halogens is 2. The van der Waals surface area contributed by atoms with Crippen LogP contribution in [0.25, 0.3) is 0 Å². The lowest BCUT2D eigenvalue weighted by atomic mass is 9.87. The van der Waals surface area contributed by atoms with Crippen molar-refractivity contribution in [2.45, 2.75) is 44.9 Å². The number of para-hydroxylation sites is 1. The molecule has 0 aliphatic heterocycles. The highest BCUT2D eigenvalue weighted by Gasteiger charge is 2.40. The van der Waals surface area contributed by atoms with Crippen LogP contribution in [0.1, 0.15) is 25.8 Å². The summed E-state index contributed by atoms with van der Waals surface area (Å²) in [5.41, 5.74) is 1.85. The van der Waals surface area contributed by atoms with E-state index in [0.29, 0.717) is 23.3 Å². The SMILES string of the molecule is CC(C)=CC(=O)N(CCc1cccc(F)c1)[C@@H]1CC(C(=O)NCCO)=C[C@H](Oc2ccccc2I)[C@H]1O. The first-order valence-corrected chi connectivity index (χ1v) is 13.2. The Kier molecular flexibility index (Phi) is 10.7. The van der Waals surface area contributed by atoms with Crippen LogP contribution < -0.4 is 10.1 Å². The number of nitrogens with zero attached hydrogens (tertiary/aromatic N) is 1. The van der Waals surface area contributed by atoms with Crippen LogP contribution in [0.5, 0.6) is 5.75 Å². The van der Waals surface area contributed by atoms with E-state index in [0.717, 1.165) is 9.14 Å². The number of rotatable bonds is 10. The molecule has 0 heterocycles. The van der Waals surface area contributed by atoms with Crippen molar-refractivity contribution >= 4 is 34.4 Å². The molecule has 3 N–H and O–H groups in total. The van der Waals surface area contributed by atoms with Gasteiger partial charge in [-0.05, 0) is 78.8 Å². The second kappa shape index (κ2) is 13.7. The van der Waals surface area contributed by atoms with Crippen molar-refractivity contribution in [3.63, 3.8) is 0 Å². The molecule has 0 saturated heterocycles. The molecule has 1 aliphatic rings. The van der Waals surface area contributed by atoms with E-state index in [-0.39, 0.29) is 37.8 Å². The minimum Gasteiger partial charge on any atom is -0.482 e. The van der Waals surface area contributed by atoms with Gasteiger partial charge in [0.05, 0.1) is 16.2 Å². The van der Waals surface area contributed by atoms with Gasteiger partial charge in [0.1, 0.15) is 23.8 Å². The quantitative estimate of drug-likeness (QED) is 0.279. The molecule has 2 amide bonds. The average Bonchev–Trinajstić information content (AvgIpc) is 2.85. The molecule has 3 atom stereocenters. The van der Waals surface area contributed by atoms with Crippen molar-refractivity contribution in [3.8, 4) is 5.75 Å². The Hall–Kier alpha value is -2.76. The number of nitrogens with one attached hydrogen (secondary N) is 1. The Bertz CT molecular complexity index is 1160.